The first-order valence-electron chi connectivity index (χ1n) is 5.77. The average molecular weight is 275 g/mol. The smallest absolute Gasteiger partial charge is 0.298 e. The Morgan fingerprint density at radius 3 is 3.05 bits per heavy atom. The van der Waals surface area contributed by atoms with Crippen molar-refractivity contribution in [2.75, 3.05) is 11.9 Å². The molecule has 9 nitrogen and oxygen atoms in total. The van der Waals surface area contributed by atoms with Gasteiger partial charge in [-0.3, -0.25) is 10.1 Å². The fourth-order valence-electron chi connectivity index (χ4n) is 1.74. The van der Waals surface area contributed by atoms with Gasteiger partial charge in [0.15, 0.2) is 16.9 Å². The van der Waals surface area contributed by atoms with E-state index in [0.29, 0.717) is 24.4 Å². The van der Waals surface area contributed by atoms with Gasteiger partial charge in [-0.15, -0.1) is 0 Å². The number of non-ortho nitro benzene ring substituents is 1. The fraction of sp³-hybridized carbons (Fsp3) is 0.182. The van der Waals surface area contributed by atoms with Crippen molar-refractivity contribution in [2.45, 2.75) is 6.42 Å². The maximum Gasteiger partial charge on any atom is 0.298 e. The predicted octanol–water partition coefficient (Wildman–Crippen LogP) is 1.77. The molecule has 3 aromatic rings. The van der Waals surface area contributed by atoms with E-state index in [1.165, 1.54) is 12.5 Å². The van der Waals surface area contributed by atoms with Crippen molar-refractivity contribution in [3.63, 3.8) is 0 Å². The van der Waals surface area contributed by atoms with Gasteiger partial charge in [0.2, 0.25) is 6.39 Å². The number of hydrogen-bond acceptors (Lipinski definition) is 8. The summed E-state index contributed by atoms with van der Waals surface area (Å²) in [4.78, 5) is 18.3. The third kappa shape index (κ3) is 2.28. The molecule has 0 bridgehead atoms. The summed E-state index contributed by atoms with van der Waals surface area (Å²) in [6, 6.07) is 4.78. The highest BCUT2D eigenvalue weighted by Crippen LogP contribution is 2.27. The summed E-state index contributed by atoms with van der Waals surface area (Å²) in [5.74, 6) is 0.555. The van der Waals surface area contributed by atoms with E-state index in [9.17, 15) is 10.1 Å². The Balaban J connectivity index is 1.76. The topological polar surface area (TPSA) is 120 Å². The van der Waals surface area contributed by atoms with Gasteiger partial charge in [0.25, 0.3) is 11.7 Å². The van der Waals surface area contributed by atoms with Gasteiger partial charge in [0.05, 0.1) is 4.92 Å². The van der Waals surface area contributed by atoms with Crippen LogP contribution in [0.4, 0.5) is 11.7 Å². The lowest BCUT2D eigenvalue weighted by atomic mass is 10.3. The molecule has 0 spiro atoms. The number of benzene rings is 1. The van der Waals surface area contributed by atoms with Crippen LogP contribution >= 0.6 is 0 Å². The second-order valence-electron chi connectivity index (χ2n) is 3.92. The molecule has 2 aromatic heterocycles. The molecule has 20 heavy (non-hydrogen) atoms. The van der Waals surface area contributed by atoms with E-state index < -0.39 is 4.92 Å². The van der Waals surface area contributed by atoms with Crippen molar-refractivity contribution >= 4 is 22.8 Å². The zero-order valence-corrected chi connectivity index (χ0v) is 10.1. The molecule has 1 aromatic carbocycles. The minimum atomic E-state index is -0.492. The Labute approximate surface area is 111 Å². The molecular weight excluding hydrogens is 266 g/mol. The number of nitro benzene ring substituents is 1. The Kier molecular flexibility index (Phi) is 2.99. The van der Waals surface area contributed by atoms with E-state index in [4.69, 9.17) is 4.42 Å². The maximum atomic E-state index is 10.9. The van der Waals surface area contributed by atoms with Crippen molar-refractivity contribution < 1.29 is 13.9 Å². The summed E-state index contributed by atoms with van der Waals surface area (Å²) in [5.41, 5.74) is 0.498. The number of hydrogen-bond donors (Lipinski definition) is 1. The maximum absolute atomic E-state index is 10.9. The van der Waals surface area contributed by atoms with Crippen molar-refractivity contribution in [2.24, 2.45) is 0 Å². The molecule has 0 atom stereocenters. The van der Waals surface area contributed by atoms with Crippen LogP contribution in [0.25, 0.3) is 11.1 Å². The second-order valence-corrected chi connectivity index (χ2v) is 3.92. The fourth-order valence-corrected chi connectivity index (χ4v) is 1.74. The Morgan fingerprint density at radius 2 is 2.30 bits per heavy atom. The molecule has 0 amide bonds. The SMILES string of the molecule is O=[N+]([O-])c1cccc2oc(NCCc3ncon3)nc12. The van der Waals surface area contributed by atoms with Crippen molar-refractivity contribution in [3.8, 4) is 0 Å². The van der Waals surface area contributed by atoms with Crippen LogP contribution < -0.4 is 5.32 Å². The molecule has 102 valence electrons. The monoisotopic (exact) mass is 275 g/mol. The van der Waals surface area contributed by atoms with Gasteiger partial charge in [0.1, 0.15) is 0 Å². The minimum Gasteiger partial charge on any atom is -0.423 e. The number of oxazole rings is 1. The van der Waals surface area contributed by atoms with Crippen LogP contribution in [0.5, 0.6) is 0 Å². The zero-order valence-electron chi connectivity index (χ0n) is 10.1. The van der Waals surface area contributed by atoms with E-state index in [2.05, 4.69) is 25.0 Å². The molecule has 0 aliphatic rings. The first-order chi connectivity index (χ1) is 9.74. The summed E-state index contributed by atoms with van der Waals surface area (Å²) < 4.78 is 9.99. The number of para-hydroxylation sites is 1. The Hall–Kier alpha value is -2.97. The van der Waals surface area contributed by atoms with Crippen molar-refractivity contribution in [1.29, 1.82) is 0 Å². The predicted molar refractivity (Wildman–Crippen MR) is 67.2 cm³/mol. The van der Waals surface area contributed by atoms with Crippen molar-refractivity contribution in [3.05, 3.63) is 40.5 Å². The van der Waals surface area contributed by atoms with Gasteiger partial charge >= 0.3 is 0 Å². The summed E-state index contributed by atoms with van der Waals surface area (Å²) in [7, 11) is 0. The summed E-state index contributed by atoms with van der Waals surface area (Å²) in [6.45, 7) is 0.472. The lowest BCUT2D eigenvalue weighted by Gasteiger charge is -1.96. The Morgan fingerprint density at radius 1 is 1.40 bits per heavy atom. The summed E-state index contributed by atoms with van der Waals surface area (Å²) in [6.07, 6.45) is 1.77. The molecule has 0 aliphatic carbocycles. The molecule has 9 heteroatoms. The van der Waals surface area contributed by atoms with Gasteiger partial charge in [-0.1, -0.05) is 11.2 Å². The van der Waals surface area contributed by atoms with E-state index in [1.54, 1.807) is 12.1 Å². The quantitative estimate of drug-likeness (QED) is 0.552. The molecule has 0 radical (unpaired) electrons. The normalized spacial score (nSPS) is 10.8. The molecule has 3 rings (SSSR count). The molecule has 0 saturated carbocycles. The number of nitrogens with one attached hydrogen (secondary N) is 1. The van der Waals surface area contributed by atoms with Crippen LogP contribution in [0.15, 0.2) is 33.5 Å². The number of nitro groups is 1. The van der Waals surface area contributed by atoms with Crippen LogP contribution in [0.1, 0.15) is 5.82 Å². The van der Waals surface area contributed by atoms with Gasteiger partial charge in [-0.2, -0.15) is 9.97 Å². The number of fused-ring (bicyclic) bond motifs is 1. The van der Waals surface area contributed by atoms with Gasteiger partial charge < -0.3 is 14.3 Å². The first-order valence-corrected chi connectivity index (χ1v) is 5.77. The van der Waals surface area contributed by atoms with Crippen molar-refractivity contribution in [1.82, 2.24) is 15.1 Å². The number of nitrogens with zero attached hydrogens (tertiary/aromatic N) is 4. The van der Waals surface area contributed by atoms with Gasteiger partial charge in [0, 0.05) is 19.0 Å². The van der Waals surface area contributed by atoms with Crippen LogP contribution in [0, 0.1) is 10.1 Å². The molecule has 1 N–H and O–H groups in total. The highest BCUT2D eigenvalue weighted by atomic mass is 16.6. The number of aromatic nitrogens is 3. The third-order valence-electron chi connectivity index (χ3n) is 2.63. The van der Waals surface area contributed by atoms with Crippen LogP contribution in [-0.2, 0) is 6.42 Å². The lowest BCUT2D eigenvalue weighted by Crippen LogP contribution is -2.05. The molecule has 0 aliphatic heterocycles. The van der Waals surface area contributed by atoms with Gasteiger partial charge in [-0.05, 0) is 6.07 Å². The first kappa shape index (κ1) is 12.1. The molecule has 0 saturated heterocycles. The molecular formula is C11H9N5O4. The number of rotatable bonds is 5. The zero-order chi connectivity index (χ0) is 13.9. The highest BCUT2D eigenvalue weighted by molar-refractivity contribution is 5.83. The lowest BCUT2D eigenvalue weighted by molar-refractivity contribution is -0.383. The number of anilines is 1. The highest BCUT2D eigenvalue weighted by Gasteiger charge is 2.17. The molecule has 0 unspecified atom stereocenters. The van der Waals surface area contributed by atoms with Crippen LogP contribution in [0.2, 0.25) is 0 Å². The largest absolute Gasteiger partial charge is 0.423 e. The average Bonchev–Trinajstić information content (AvgIpc) is 3.06. The van der Waals surface area contributed by atoms with Crippen LogP contribution in [0.3, 0.4) is 0 Å². The Bertz CT molecular complexity index is 736. The third-order valence-corrected chi connectivity index (χ3v) is 2.63. The second kappa shape index (κ2) is 4.96. The minimum absolute atomic E-state index is 0.0857. The summed E-state index contributed by atoms with van der Waals surface area (Å²) in [5, 5.41) is 17.4. The van der Waals surface area contributed by atoms with E-state index >= 15 is 0 Å². The van der Waals surface area contributed by atoms with Crippen LogP contribution in [-0.4, -0.2) is 26.6 Å². The van der Waals surface area contributed by atoms with E-state index in [1.807, 2.05) is 0 Å². The summed E-state index contributed by atoms with van der Waals surface area (Å²) >= 11 is 0. The standard InChI is InChI=1S/C11H9N5O4/c17-16(18)7-2-1-3-8-10(7)14-11(20-8)12-5-4-9-13-6-19-15-9/h1-3,6H,4-5H2,(H,12,14). The molecule has 0 fully saturated rings. The molecule has 2 heterocycles. The van der Waals surface area contributed by atoms with E-state index in [-0.39, 0.29) is 17.2 Å². The van der Waals surface area contributed by atoms with Gasteiger partial charge in [-0.25, -0.2) is 0 Å². The van der Waals surface area contributed by atoms with E-state index in [0.717, 1.165) is 0 Å².